The van der Waals surface area contributed by atoms with Crippen molar-refractivity contribution in [2.75, 3.05) is 19.8 Å². The third-order valence-electron chi connectivity index (χ3n) is 2.69. The van der Waals surface area contributed by atoms with Crippen LogP contribution in [0.1, 0.15) is 5.56 Å². The van der Waals surface area contributed by atoms with E-state index < -0.39 is 15.7 Å². The number of likely N-dealkylation sites (N-methyl/N-ethyl adjacent to an activating group) is 1. The molecule has 1 aliphatic heterocycles. The summed E-state index contributed by atoms with van der Waals surface area (Å²) in [5.41, 5.74) is -0.808. The fourth-order valence-electron chi connectivity index (χ4n) is 1.98. The summed E-state index contributed by atoms with van der Waals surface area (Å²) in [7, 11) is -2.09. The average Bonchev–Trinajstić information content (AvgIpc) is 2.27. The minimum atomic E-state index is -3.69. The van der Waals surface area contributed by atoms with Gasteiger partial charge in [-0.2, -0.15) is 8.42 Å². The molecule has 1 atom stereocenters. The third kappa shape index (κ3) is 2.05. The molecule has 17 heavy (non-hydrogen) atoms. The van der Waals surface area contributed by atoms with Gasteiger partial charge in [-0.3, -0.25) is 4.79 Å². The Bertz CT molecular complexity index is 540. The van der Waals surface area contributed by atoms with Gasteiger partial charge in [0.15, 0.2) is 0 Å². The second-order valence-electron chi connectivity index (χ2n) is 4.14. The predicted octanol–water partition coefficient (Wildman–Crippen LogP) is 0.330. The molecule has 1 heterocycles. The first-order valence-electron chi connectivity index (χ1n) is 5.07. The van der Waals surface area contributed by atoms with Crippen molar-refractivity contribution >= 4 is 16.0 Å². The SMILES string of the molecule is CN1CC(OS(C)(=O)=O)(c2ccccc2)C1=O. The number of nitrogens with zero attached hydrogens (tertiary/aromatic N) is 1. The van der Waals surface area contributed by atoms with Crippen LogP contribution in [0.3, 0.4) is 0 Å². The molecular formula is C11H13NO4S. The molecule has 1 aromatic rings. The summed E-state index contributed by atoms with van der Waals surface area (Å²) in [4.78, 5) is 13.3. The first-order valence-corrected chi connectivity index (χ1v) is 6.88. The maximum atomic E-state index is 11.9. The van der Waals surface area contributed by atoms with Crippen molar-refractivity contribution in [3.63, 3.8) is 0 Å². The fourth-order valence-corrected chi connectivity index (χ4v) is 2.72. The van der Waals surface area contributed by atoms with Gasteiger partial charge in [-0.25, -0.2) is 4.18 Å². The van der Waals surface area contributed by atoms with E-state index in [1.165, 1.54) is 4.90 Å². The number of benzene rings is 1. The van der Waals surface area contributed by atoms with E-state index in [2.05, 4.69) is 0 Å². The van der Waals surface area contributed by atoms with Crippen molar-refractivity contribution in [3.05, 3.63) is 35.9 Å². The Morgan fingerprint density at radius 3 is 2.29 bits per heavy atom. The molecule has 1 amide bonds. The summed E-state index contributed by atoms with van der Waals surface area (Å²) < 4.78 is 27.6. The monoisotopic (exact) mass is 255 g/mol. The minimum Gasteiger partial charge on any atom is -0.339 e. The lowest BCUT2D eigenvalue weighted by molar-refractivity contribution is -0.168. The van der Waals surface area contributed by atoms with Crippen LogP contribution in [0.15, 0.2) is 30.3 Å². The van der Waals surface area contributed by atoms with E-state index in [4.69, 9.17) is 4.18 Å². The zero-order valence-corrected chi connectivity index (χ0v) is 10.4. The van der Waals surface area contributed by atoms with Gasteiger partial charge in [0.25, 0.3) is 16.0 Å². The fraction of sp³-hybridized carbons (Fsp3) is 0.364. The molecule has 1 saturated heterocycles. The van der Waals surface area contributed by atoms with Crippen LogP contribution in [0.2, 0.25) is 0 Å². The number of β-lactam (4-membered cyclic amide) rings is 1. The summed E-state index contributed by atoms with van der Waals surface area (Å²) in [5, 5.41) is 0. The van der Waals surface area contributed by atoms with Crippen LogP contribution in [0.5, 0.6) is 0 Å². The largest absolute Gasteiger partial charge is 0.339 e. The molecule has 0 spiro atoms. The molecule has 0 bridgehead atoms. The lowest BCUT2D eigenvalue weighted by atomic mass is 9.86. The third-order valence-corrected chi connectivity index (χ3v) is 3.27. The second kappa shape index (κ2) is 3.82. The predicted molar refractivity (Wildman–Crippen MR) is 61.7 cm³/mol. The van der Waals surface area contributed by atoms with Gasteiger partial charge < -0.3 is 4.90 Å². The van der Waals surface area contributed by atoms with E-state index in [9.17, 15) is 13.2 Å². The number of carbonyl (C=O) groups is 1. The highest BCUT2D eigenvalue weighted by molar-refractivity contribution is 7.86. The van der Waals surface area contributed by atoms with E-state index >= 15 is 0 Å². The minimum absolute atomic E-state index is 0.239. The zero-order valence-electron chi connectivity index (χ0n) is 9.58. The topological polar surface area (TPSA) is 63.7 Å². The van der Waals surface area contributed by atoms with Crippen molar-refractivity contribution in [1.29, 1.82) is 0 Å². The van der Waals surface area contributed by atoms with Crippen LogP contribution in [0.25, 0.3) is 0 Å². The summed E-state index contributed by atoms with van der Waals surface area (Å²) >= 11 is 0. The van der Waals surface area contributed by atoms with Crippen molar-refractivity contribution < 1.29 is 17.4 Å². The number of rotatable bonds is 3. The molecule has 0 N–H and O–H groups in total. The van der Waals surface area contributed by atoms with Crippen LogP contribution in [0.4, 0.5) is 0 Å². The molecule has 5 nitrogen and oxygen atoms in total. The molecule has 0 aliphatic carbocycles. The van der Waals surface area contributed by atoms with E-state index in [-0.39, 0.29) is 12.5 Å². The van der Waals surface area contributed by atoms with Crippen LogP contribution in [-0.2, 0) is 24.7 Å². The van der Waals surface area contributed by atoms with Crippen molar-refractivity contribution in [2.45, 2.75) is 5.60 Å². The maximum absolute atomic E-state index is 11.9. The summed E-state index contributed by atoms with van der Waals surface area (Å²) in [6.45, 7) is 0.239. The number of hydrogen-bond donors (Lipinski definition) is 0. The lowest BCUT2D eigenvalue weighted by Crippen LogP contribution is -2.64. The molecule has 1 unspecified atom stereocenters. The van der Waals surface area contributed by atoms with Gasteiger partial charge in [0.2, 0.25) is 5.60 Å². The highest BCUT2D eigenvalue weighted by Crippen LogP contribution is 2.37. The van der Waals surface area contributed by atoms with E-state index in [1.54, 1.807) is 37.4 Å². The lowest BCUT2D eigenvalue weighted by Gasteiger charge is -2.45. The van der Waals surface area contributed by atoms with Crippen molar-refractivity contribution in [3.8, 4) is 0 Å². The highest BCUT2D eigenvalue weighted by Gasteiger charge is 2.55. The molecular weight excluding hydrogens is 242 g/mol. The van der Waals surface area contributed by atoms with E-state index in [0.717, 1.165) is 6.26 Å². The Balaban J connectivity index is 2.44. The average molecular weight is 255 g/mol. The molecule has 1 fully saturated rings. The Morgan fingerprint density at radius 2 is 1.88 bits per heavy atom. The van der Waals surface area contributed by atoms with Crippen LogP contribution < -0.4 is 0 Å². The molecule has 2 rings (SSSR count). The smallest absolute Gasteiger partial charge is 0.265 e. The molecule has 92 valence electrons. The highest BCUT2D eigenvalue weighted by atomic mass is 32.2. The first kappa shape index (κ1) is 12.1. The second-order valence-corrected chi connectivity index (χ2v) is 5.72. The van der Waals surface area contributed by atoms with Crippen LogP contribution in [0, 0.1) is 0 Å². The Hall–Kier alpha value is -1.40. The van der Waals surface area contributed by atoms with Gasteiger partial charge in [0, 0.05) is 7.05 Å². The van der Waals surface area contributed by atoms with Gasteiger partial charge in [-0.15, -0.1) is 0 Å². The van der Waals surface area contributed by atoms with Crippen molar-refractivity contribution in [2.24, 2.45) is 0 Å². The van der Waals surface area contributed by atoms with E-state index in [0.29, 0.717) is 5.56 Å². The van der Waals surface area contributed by atoms with Gasteiger partial charge in [0.05, 0.1) is 12.8 Å². The number of carbonyl (C=O) groups excluding carboxylic acids is 1. The van der Waals surface area contributed by atoms with Gasteiger partial charge in [0.1, 0.15) is 0 Å². The summed E-state index contributed by atoms with van der Waals surface area (Å²) in [6.07, 6.45) is 0.948. The van der Waals surface area contributed by atoms with Gasteiger partial charge >= 0.3 is 0 Å². The molecule has 1 aliphatic rings. The molecule has 6 heteroatoms. The number of hydrogen-bond acceptors (Lipinski definition) is 4. The molecule has 1 aromatic carbocycles. The van der Waals surface area contributed by atoms with Gasteiger partial charge in [-0.05, 0) is 5.56 Å². The Morgan fingerprint density at radius 1 is 1.29 bits per heavy atom. The Labute approximate surface area is 100 Å². The Kier molecular flexibility index (Phi) is 2.71. The van der Waals surface area contributed by atoms with Gasteiger partial charge in [-0.1, -0.05) is 30.3 Å². The number of likely N-dealkylation sites (tertiary alicyclic amines) is 1. The summed E-state index contributed by atoms with van der Waals surface area (Å²) in [6, 6.07) is 8.67. The van der Waals surface area contributed by atoms with E-state index in [1.807, 2.05) is 0 Å². The summed E-state index contributed by atoms with van der Waals surface area (Å²) in [5.74, 6) is -0.339. The first-order chi connectivity index (χ1) is 7.85. The normalized spacial score (nSPS) is 24.6. The number of amides is 1. The standard InChI is InChI=1S/C11H13NO4S/c1-12-8-11(10(12)13,16-17(2,14)15)9-6-4-3-5-7-9/h3-7H,8H2,1-2H3. The van der Waals surface area contributed by atoms with Crippen molar-refractivity contribution in [1.82, 2.24) is 4.90 Å². The molecule has 0 saturated carbocycles. The maximum Gasteiger partial charge on any atom is 0.265 e. The quantitative estimate of drug-likeness (QED) is 0.577. The van der Waals surface area contributed by atoms with Crippen LogP contribution >= 0.6 is 0 Å². The molecule has 0 aromatic heterocycles. The molecule has 0 radical (unpaired) electrons. The zero-order chi connectivity index (χ0) is 12.7. The van der Waals surface area contributed by atoms with Crippen LogP contribution in [-0.4, -0.2) is 39.1 Å².